The Labute approximate surface area is 140 Å². The zero-order valence-corrected chi connectivity index (χ0v) is 14.1. The van der Waals surface area contributed by atoms with Crippen molar-refractivity contribution in [1.82, 2.24) is 25.5 Å². The summed E-state index contributed by atoms with van der Waals surface area (Å²) in [6, 6.07) is 1.99. The van der Waals surface area contributed by atoms with E-state index in [0.717, 1.165) is 30.0 Å². The van der Waals surface area contributed by atoms with Gasteiger partial charge in [-0.25, -0.2) is 9.97 Å². The number of aromatic amines is 1. The molecule has 1 amide bonds. The van der Waals surface area contributed by atoms with E-state index >= 15 is 0 Å². The van der Waals surface area contributed by atoms with Gasteiger partial charge in [-0.1, -0.05) is 0 Å². The number of hydrogen-bond acceptors (Lipinski definition) is 6. The van der Waals surface area contributed by atoms with Gasteiger partial charge in [0, 0.05) is 37.7 Å². The van der Waals surface area contributed by atoms with E-state index in [2.05, 4.69) is 30.4 Å². The lowest BCUT2D eigenvalue weighted by Crippen LogP contribution is -2.40. The topological polar surface area (TPSA) is 96.0 Å². The molecular formula is C16H22N6O2. The molecule has 2 aromatic rings. The summed E-state index contributed by atoms with van der Waals surface area (Å²) < 4.78 is 5.49. The van der Waals surface area contributed by atoms with Crippen LogP contribution in [-0.2, 0) is 4.74 Å². The van der Waals surface area contributed by atoms with Crippen molar-refractivity contribution in [3.8, 4) is 0 Å². The van der Waals surface area contributed by atoms with Crippen LogP contribution in [-0.4, -0.2) is 58.4 Å². The third-order valence-electron chi connectivity index (χ3n) is 4.54. The number of carbonyl (C=O) groups is 1. The monoisotopic (exact) mass is 330 g/mol. The van der Waals surface area contributed by atoms with E-state index in [4.69, 9.17) is 4.74 Å². The number of aromatic nitrogens is 4. The van der Waals surface area contributed by atoms with Gasteiger partial charge >= 0.3 is 0 Å². The second-order valence-corrected chi connectivity index (χ2v) is 6.00. The van der Waals surface area contributed by atoms with Gasteiger partial charge in [-0.15, -0.1) is 0 Å². The van der Waals surface area contributed by atoms with E-state index in [-0.39, 0.29) is 18.1 Å². The fourth-order valence-electron chi connectivity index (χ4n) is 2.97. The van der Waals surface area contributed by atoms with Crippen LogP contribution in [0.25, 0.3) is 0 Å². The number of ether oxygens (including phenoxy) is 1. The first-order valence-electron chi connectivity index (χ1n) is 7.95. The molecule has 2 N–H and O–H groups in total. The lowest BCUT2D eigenvalue weighted by molar-refractivity contribution is 0.0941. The number of carbonyl (C=O) groups excluding carboxylic acids is 1. The largest absolute Gasteiger partial charge is 0.380 e. The number of methoxy groups -OCH3 is 1. The molecule has 1 fully saturated rings. The zero-order chi connectivity index (χ0) is 17.1. The first-order chi connectivity index (χ1) is 11.6. The summed E-state index contributed by atoms with van der Waals surface area (Å²) in [7, 11) is 1.71. The molecule has 3 rings (SSSR count). The third kappa shape index (κ3) is 3.23. The Morgan fingerprint density at radius 1 is 1.50 bits per heavy atom. The van der Waals surface area contributed by atoms with Crippen LogP contribution < -0.4 is 10.2 Å². The van der Waals surface area contributed by atoms with E-state index < -0.39 is 0 Å². The summed E-state index contributed by atoms with van der Waals surface area (Å²) >= 11 is 0. The minimum atomic E-state index is -0.166. The Bertz CT molecular complexity index is 702. The Balaban J connectivity index is 1.68. The zero-order valence-electron chi connectivity index (χ0n) is 14.1. The molecule has 0 spiro atoms. The number of rotatable bonds is 5. The van der Waals surface area contributed by atoms with Crippen molar-refractivity contribution in [1.29, 1.82) is 0 Å². The molecule has 0 unspecified atom stereocenters. The average molecular weight is 330 g/mol. The lowest BCUT2D eigenvalue weighted by Gasteiger charge is -2.25. The van der Waals surface area contributed by atoms with Crippen LogP contribution in [0.3, 0.4) is 0 Å². The molecule has 1 aliphatic heterocycles. The van der Waals surface area contributed by atoms with Crippen LogP contribution >= 0.6 is 0 Å². The Hall–Kier alpha value is -2.48. The van der Waals surface area contributed by atoms with E-state index in [0.29, 0.717) is 12.2 Å². The number of nitrogens with zero attached hydrogens (tertiary/aromatic N) is 4. The van der Waals surface area contributed by atoms with Crippen LogP contribution in [0.4, 0.5) is 5.82 Å². The molecule has 3 heterocycles. The van der Waals surface area contributed by atoms with Crippen molar-refractivity contribution in [2.75, 3.05) is 25.1 Å². The molecule has 2 aromatic heterocycles. The third-order valence-corrected chi connectivity index (χ3v) is 4.54. The molecule has 0 saturated carbocycles. The molecule has 24 heavy (non-hydrogen) atoms. The van der Waals surface area contributed by atoms with Gasteiger partial charge in [0.25, 0.3) is 5.91 Å². The Morgan fingerprint density at radius 2 is 2.33 bits per heavy atom. The molecule has 8 heteroatoms. The summed E-state index contributed by atoms with van der Waals surface area (Å²) in [5, 5.41) is 9.89. The summed E-state index contributed by atoms with van der Waals surface area (Å²) in [4.78, 5) is 22.8. The quantitative estimate of drug-likeness (QED) is 0.843. The SMILES string of the molecule is CO[C@@H]1C[C@H](CNC(=O)c2n[nH]c(C)c2C)N(c2ccncn2)C1. The maximum Gasteiger partial charge on any atom is 0.272 e. The highest BCUT2D eigenvalue weighted by atomic mass is 16.5. The Kier molecular flexibility index (Phi) is 4.75. The number of amides is 1. The van der Waals surface area contributed by atoms with Crippen molar-refractivity contribution in [2.45, 2.75) is 32.4 Å². The van der Waals surface area contributed by atoms with Crippen LogP contribution in [0.5, 0.6) is 0 Å². The number of hydrogen-bond donors (Lipinski definition) is 2. The molecule has 1 saturated heterocycles. The van der Waals surface area contributed by atoms with Gasteiger partial charge in [0.15, 0.2) is 5.69 Å². The van der Waals surface area contributed by atoms with E-state index in [9.17, 15) is 4.79 Å². The van der Waals surface area contributed by atoms with Crippen molar-refractivity contribution in [2.24, 2.45) is 0 Å². The lowest BCUT2D eigenvalue weighted by atomic mass is 10.1. The smallest absolute Gasteiger partial charge is 0.272 e. The number of aryl methyl sites for hydroxylation is 1. The number of H-pyrrole nitrogens is 1. The van der Waals surface area contributed by atoms with Crippen molar-refractivity contribution in [3.63, 3.8) is 0 Å². The standard InChI is InChI=1S/C16H22N6O2/c1-10-11(2)20-21-15(10)16(23)18-7-12-6-13(24-3)8-22(12)14-4-5-17-9-19-14/h4-5,9,12-13H,6-8H2,1-3H3,(H,18,23)(H,20,21)/t12-,13-/m1/s1. The van der Waals surface area contributed by atoms with Crippen LogP contribution in [0.15, 0.2) is 18.6 Å². The summed E-state index contributed by atoms with van der Waals surface area (Å²) in [5.74, 6) is 0.677. The predicted molar refractivity (Wildman–Crippen MR) is 89.0 cm³/mol. The highest BCUT2D eigenvalue weighted by Crippen LogP contribution is 2.24. The van der Waals surface area contributed by atoms with Gasteiger partial charge in [0.1, 0.15) is 12.1 Å². The van der Waals surface area contributed by atoms with Gasteiger partial charge in [-0.05, 0) is 26.3 Å². The average Bonchev–Trinajstić information content (AvgIpc) is 3.17. The van der Waals surface area contributed by atoms with Crippen molar-refractivity contribution < 1.29 is 9.53 Å². The number of anilines is 1. The highest BCUT2D eigenvalue weighted by Gasteiger charge is 2.33. The van der Waals surface area contributed by atoms with Crippen molar-refractivity contribution >= 4 is 11.7 Å². The van der Waals surface area contributed by atoms with Gasteiger partial charge in [-0.3, -0.25) is 9.89 Å². The fraction of sp³-hybridized carbons (Fsp3) is 0.500. The Morgan fingerprint density at radius 3 is 2.96 bits per heavy atom. The normalized spacial score (nSPS) is 20.4. The van der Waals surface area contributed by atoms with Crippen molar-refractivity contribution in [3.05, 3.63) is 35.5 Å². The minimum absolute atomic E-state index is 0.120. The molecule has 2 atom stereocenters. The van der Waals surface area contributed by atoms with E-state index in [1.165, 1.54) is 6.33 Å². The van der Waals surface area contributed by atoms with Gasteiger partial charge < -0.3 is 15.0 Å². The minimum Gasteiger partial charge on any atom is -0.380 e. The maximum atomic E-state index is 12.4. The van der Waals surface area contributed by atoms with Gasteiger partial charge in [-0.2, -0.15) is 5.10 Å². The predicted octanol–water partition coefficient (Wildman–Crippen LogP) is 0.840. The highest BCUT2D eigenvalue weighted by molar-refractivity contribution is 5.93. The maximum absolute atomic E-state index is 12.4. The molecule has 128 valence electrons. The molecule has 8 nitrogen and oxygen atoms in total. The van der Waals surface area contributed by atoms with Crippen LogP contribution in [0.1, 0.15) is 28.2 Å². The molecule has 0 aliphatic carbocycles. The van der Waals surface area contributed by atoms with Crippen LogP contribution in [0, 0.1) is 13.8 Å². The second kappa shape index (κ2) is 6.96. The summed E-state index contributed by atoms with van der Waals surface area (Å²) in [6.45, 7) is 5.04. The van der Waals surface area contributed by atoms with E-state index in [1.54, 1.807) is 13.3 Å². The van der Waals surface area contributed by atoms with Gasteiger partial charge in [0.2, 0.25) is 0 Å². The number of nitrogens with one attached hydrogen (secondary N) is 2. The molecule has 1 aliphatic rings. The summed E-state index contributed by atoms with van der Waals surface area (Å²) in [6.07, 6.45) is 4.20. The van der Waals surface area contributed by atoms with Gasteiger partial charge in [0.05, 0.1) is 12.1 Å². The fourth-order valence-corrected chi connectivity index (χ4v) is 2.97. The molecule has 0 aromatic carbocycles. The first-order valence-corrected chi connectivity index (χ1v) is 7.95. The molecule has 0 bridgehead atoms. The molecule has 0 radical (unpaired) electrons. The first kappa shape index (κ1) is 16.4. The second-order valence-electron chi connectivity index (χ2n) is 6.00. The molecular weight excluding hydrogens is 308 g/mol. The summed E-state index contributed by atoms with van der Waals surface area (Å²) in [5.41, 5.74) is 2.23. The van der Waals surface area contributed by atoms with E-state index in [1.807, 2.05) is 19.9 Å². The van der Waals surface area contributed by atoms with Crippen LogP contribution in [0.2, 0.25) is 0 Å².